The largest absolute Gasteiger partial charge is 0.356 e. The van der Waals surface area contributed by atoms with Crippen LogP contribution in [-0.2, 0) is 9.59 Å². The molecule has 5 heteroatoms. The fourth-order valence-corrected chi connectivity index (χ4v) is 2.67. The molecule has 1 aromatic rings. The maximum absolute atomic E-state index is 12.2. The van der Waals surface area contributed by atoms with Gasteiger partial charge in [0.15, 0.2) is 0 Å². The minimum Gasteiger partial charge on any atom is -0.356 e. The van der Waals surface area contributed by atoms with Crippen LogP contribution in [-0.4, -0.2) is 18.4 Å². The average molecular weight is 367 g/mol. The van der Waals surface area contributed by atoms with Gasteiger partial charge in [-0.3, -0.25) is 9.59 Å². The number of amides is 2. The number of carbonyl (C=O) groups is 2. The molecule has 2 N–H and O–H groups in total. The molecule has 2 unspecified atom stereocenters. The Morgan fingerprint density at radius 3 is 2.59 bits per heavy atom. The van der Waals surface area contributed by atoms with Gasteiger partial charge >= 0.3 is 0 Å². The Labute approximate surface area is 140 Å². The number of rotatable bonds is 6. The van der Waals surface area contributed by atoms with Gasteiger partial charge in [0.1, 0.15) is 0 Å². The zero-order valence-corrected chi connectivity index (χ0v) is 14.9. The summed E-state index contributed by atoms with van der Waals surface area (Å²) in [5, 5.41) is 5.80. The lowest BCUT2D eigenvalue weighted by molar-refractivity contribution is -0.125. The lowest BCUT2D eigenvalue weighted by Crippen LogP contribution is -2.28. The molecular formula is C17H23BrN2O2. The predicted octanol–water partition coefficient (Wildman–Crippen LogP) is 3.49. The third-order valence-corrected chi connectivity index (χ3v) is 4.78. The highest BCUT2D eigenvalue weighted by Crippen LogP contribution is 2.39. The summed E-state index contributed by atoms with van der Waals surface area (Å²) in [4.78, 5) is 24.1. The topological polar surface area (TPSA) is 58.2 Å². The third kappa shape index (κ3) is 4.57. The van der Waals surface area contributed by atoms with Gasteiger partial charge in [-0.1, -0.05) is 35.8 Å². The van der Waals surface area contributed by atoms with Gasteiger partial charge < -0.3 is 10.6 Å². The van der Waals surface area contributed by atoms with Crippen LogP contribution in [0, 0.1) is 24.7 Å². The fraction of sp³-hybridized carbons (Fsp3) is 0.529. The number of hydrogen-bond acceptors (Lipinski definition) is 2. The molecule has 0 heterocycles. The van der Waals surface area contributed by atoms with Crippen LogP contribution in [0.3, 0.4) is 0 Å². The summed E-state index contributed by atoms with van der Waals surface area (Å²) >= 11 is 3.45. The van der Waals surface area contributed by atoms with E-state index in [4.69, 9.17) is 0 Å². The smallest absolute Gasteiger partial charge is 0.228 e. The minimum absolute atomic E-state index is 0.00545. The molecule has 2 rings (SSSR count). The summed E-state index contributed by atoms with van der Waals surface area (Å²) in [6.07, 6.45) is 1.61. The van der Waals surface area contributed by atoms with Crippen molar-refractivity contribution in [1.82, 2.24) is 5.32 Å². The van der Waals surface area contributed by atoms with Gasteiger partial charge in [0, 0.05) is 16.7 Å². The first-order valence-electron chi connectivity index (χ1n) is 7.73. The fourth-order valence-electron chi connectivity index (χ4n) is 2.30. The minimum atomic E-state index is -0.195. The van der Waals surface area contributed by atoms with Crippen molar-refractivity contribution < 1.29 is 9.59 Å². The highest BCUT2D eigenvalue weighted by atomic mass is 79.9. The number of nitrogens with one attached hydrogen (secondary N) is 2. The summed E-state index contributed by atoms with van der Waals surface area (Å²) in [5.74, 6) is 0.143. The third-order valence-electron chi connectivity index (χ3n) is 3.92. The first-order valence-corrected chi connectivity index (χ1v) is 8.52. The Bertz CT molecular complexity index is 572. The van der Waals surface area contributed by atoms with E-state index in [1.54, 1.807) is 0 Å². The lowest BCUT2D eigenvalue weighted by Gasteiger charge is -2.08. The Morgan fingerprint density at radius 2 is 1.95 bits per heavy atom. The highest BCUT2D eigenvalue weighted by molar-refractivity contribution is 9.10. The van der Waals surface area contributed by atoms with Crippen molar-refractivity contribution in [3.05, 3.63) is 28.2 Å². The van der Waals surface area contributed by atoms with Crippen molar-refractivity contribution in [3.63, 3.8) is 0 Å². The molecule has 2 atom stereocenters. The monoisotopic (exact) mass is 366 g/mol. The first-order chi connectivity index (χ1) is 10.4. The molecule has 1 fully saturated rings. The molecule has 1 aliphatic rings. The molecule has 120 valence electrons. The van der Waals surface area contributed by atoms with E-state index in [0.717, 1.165) is 22.1 Å². The Hall–Kier alpha value is -1.36. The number of aryl methyl sites for hydroxylation is 1. The molecule has 0 saturated heterocycles. The molecule has 0 bridgehead atoms. The van der Waals surface area contributed by atoms with E-state index in [0.29, 0.717) is 18.9 Å². The molecule has 0 spiro atoms. The summed E-state index contributed by atoms with van der Waals surface area (Å²) in [6, 6.07) is 5.70. The van der Waals surface area contributed by atoms with Crippen LogP contribution < -0.4 is 10.6 Å². The van der Waals surface area contributed by atoms with Crippen LogP contribution in [0.4, 0.5) is 5.69 Å². The normalized spacial score (nSPS) is 19.9. The standard InChI is InChI=1S/C17H23BrN2O2/c1-10(2)6-7-19-16(21)13-9-14(13)17(22)20-12-5-4-11(3)15(18)8-12/h4-5,8,10,13-14H,6-7,9H2,1-3H3,(H,19,21)(H,20,22). The van der Waals surface area contributed by atoms with Gasteiger partial charge in [0.2, 0.25) is 11.8 Å². The molecule has 1 aromatic carbocycles. The van der Waals surface area contributed by atoms with Crippen LogP contribution in [0.25, 0.3) is 0 Å². The summed E-state index contributed by atoms with van der Waals surface area (Å²) < 4.78 is 0.962. The number of halogens is 1. The van der Waals surface area contributed by atoms with E-state index in [2.05, 4.69) is 40.4 Å². The van der Waals surface area contributed by atoms with Crippen molar-refractivity contribution in [2.75, 3.05) is 11.9 Å². The average Bonchev–Trinajstić information content (AvgIpc) is 3.23. The van der Waals surface area contributed by atoms with Crippen molar-refractivity contribution in [2.24, 2.45) is 17.8 Å². The van der Waals surface area contributed by atoms with E-state index in [1.807, 2.05) is 25.1 Å². The zero-order valence-electron chi connectivity index (χ0n) is 13.3. The maximum Gasteiger partial charge on any atom is 0.228 e. The van der Waals surface area contributed by atoms with Gasteiger partial charge in [-0.2, -0.15) is 0 Å². The van der Waals surface area contributed by atoms with Crippen molar-refractivity contribution in [3.8, 4) is 0 Å². The van der Waals surface area contributed by atoms with Gasteiger partial charge in [-0.05, 0) is 43.4 Å². The first kappa shape index (κ1) is 17.0. The molecule has 2 amide bonds. The van der Waals surface area contributed by atoms with Crippen LogP contribution in [0.5, 0.6) is 0 Å². The van der Waals surface area contributed by atoms with Gasteiger partial charge in [0.25, 0.3) is 0 Å². The number of hydrogen-bond donors (Lipinski definition) is 2. The molecule has 0 radical (unpaired) electrons. The highest BCUT2D eigenvalue weighted by Gasteiger charge is 2.47. The van der Waals surface area contributed by atoms with Crippen LogP contribution >= 0.6 is 15.9 Å². The molecule has 4 nitrogen and oxygen atoms in total. The predicted molar refractivity (Wildman–Crippen MR) is 91.6 cm³/mol. The SMILES string of the molecule is Cc1ccc(NC(=O)C2CC2C(=O)NCCC(C)C)cc1Br. The van der Waals surface area contributed by atoms with Crippen LogP contribution in [0.1, 0.15) is 32.3 Å². The number of anilines is 1. The quantitative estimate of drug-likeness (QED) is 0.809. The molecule has 22 heavy (non-hydrogen) atoms. The maximum atomic E-state index is 12.2. The van der Waals surface area contributed by atoms with Crippen molar-refractivity contribution in [2.45, 2.75) is 33.6 Å². The number of carbonyl (C=O) groups excluding carboxylic acids is 2. The van der Waals surface area contributed by atoms with E-state index in [-0.39, 0.29) is 23.7 Å². The van der Waals surface area contributed by atoms with Crippen LogP contribution in [0.15, 0.2) is 22.7 Å². The van der Waals surface area contributed by atoms with E-state index in [9.17, 15) is 9.59 Å². The second-order valence-electron chi connectivity index (χ2n) is 6.38. The number of benzene rings is 1. The van der Waals surface area contributed by atoms with Gasteiger partial charge in [-0.15, -0.1) is 0 Å². The van der Waals surface area contributed by atoms with Crippen LogP contribution in [0.2, 0.25) is 0 Å². The summed E-state index contributed by atoms with van der Waals surface area (Å²) in [7, 11) is 0. The van der Waals surface area contributed by atoms with Gasteiger partial charge in [-0.25, -0.2) is 0 Å². The molecule has 0 aromatic heterocycles. The second kappa shape index (κ2) is 7.27. The van der Waals surface area contributed by atoms with E-state index >= 15 is 0 Å². The summed E-state index contributed by atoms with van der Waals surface area (Å²) in [6.45, 7) is 6.93. The lowest BCUT2D eigenvalue weighted by atomic mass is 10.1. The van der Waals surface area contributed by atoms with E-state index < -0.39 is 0 Å². The van der Waals surface area contributed by atoms with E-state index in [1.165, 1.54) is 0 Å². The summed E-state index contributed by atoms with van der Waals surface area (Å²) in [5.41, 5.74) is 1.88. The molecule has 1 aliphatic carbocycles. The molecule has 1 saturated carbocycles. The Morgan fingerprint density at radius 1 is 1.27 bits per heavy atom. The molecular weight excluding hydrogens is 344 g/mol. The van der Waals surface area contributed by atoms with Gasteiger partial charge in [0.05, 0.1) is 11.8 Å². The van der Waals surface area contributed by atoms with Crippen molar-refractivity contribution >= 4 is 33.4 Å². The zero-order chi connectivity index (χ0) is 16.3. The Kier molecular flexibility index (Phi) is 5.62. The molecule has 0 aliphatic heterocycles. The second-order valence-corrected chi connectivity index (χ2v) is 7.23. The van der Waals surface area contributed by atoms with Crippen molar-refractivity contribution in [1.29, 1.82) is 0 Å². The Balaban J connectivity index is 1.80.